The molecule has 138 valence electrons. The zero-order chi connectivity index (χ0) is 18.7. The number of carboxylic acids is 1. The zero-order valence-electron chi connectivity index (χ0n) is 13.8. The number of hydrogen-bond donors (Lipinski definition) is 1. The van der Waals surface area contributed by atoms with Gasteiger partial charge in [-0.2, -0.15) is 5.10 Å². The average Bonchev–Trinajstić information content (AvgIpc) is 3.13. The third-order valence-electron chi connectivity index (χ3n) is 4.29. The van der Waals surface area contributed by atoms with E-state index in [-0.39, 0.29) is 29.1 Å². The number of hydrogen-bond acceptors (Lipinski definition) is 4. The molecule has 0 bridgehead atoms. The van der Waals surface area contributed by atoms with Gasteiger partial charge in [0.25, 0.3) is 5.91 Å². The number of benzene rings is 1. The second-order valence-electron chi connectivity index (χ2n) is 5.99. The number of rotatable bonds is 5. The standard InChI is InChI=1S/C17H17ClFN3O4/c18-14-7-13(1-2-15(14)19)26-10-16(23)21-5-3-12(4-6-21)22-9-11(8-20-22)17(24)25/h1-2,7-9,12H,3-6,10H2,(H,24,25). The summed E-state index contributed by atoms with van der Waals surface area (Å²) in [6, 6.07) is 3.99. The first-order chi connectivity index (χ1) is 12.4. The number of carboxylic acid groups (broad SMARTS) is 1. The first kappa shape index (κ1) is 18.2. The number of ether oxygens (including phenoxy) is 1. The van der Waals surface area contributed by atoms with E-state index in [4.69, 9.17) is 21.4 Å². The maximum atomic E-state index is 13.1. The highest BCUT2D eigenvalue weighted by Gasteiger charge is 2.25. The molecule has 1 aromatic carbocycles. The second-order valence-corrected chi connectivity index (χ2v) is 6.40. The third-order valence-corrected chi connectivity index (χ3v) is 4.58. The van der Waals surface area contributed by atoms with Gasteiger partial charge in [-0.1, -0.05) is 11.6 Å². The molecule has 3 rings (SSSR count). The van der Waals surface area contributed by atoms with E-state index in [0.29, 0.717) is 31.7 Å². The molecule has 0 unspecified atom stereocenters. The number of amides is 1. The number of carbonyl (C=O) groups excluding carboxylic acids is 1. The summed E-state index contributed by atoms with van der Waals surface area (Å²) in [6.45, 7) is 0.899. The van der Waals surface area contributed by atoms with Gasteiger partial charge in [-0.05, 0) is 25.0 Å². The van der Waals surface area contributed by atoms with Crippen molar-refractivity contribution in [3.63, 3.8) is 0 Å². The summed E-state index contributed by atoms with van der Waals surface area (Å²) in [7, 11) is 0. The van der Waals surface area contributed by atoms with E-state index < -0.39 is 11.8 Å². The van der Waals surface area contributed by atoms with Crippen LogP contribution in [-0.2, 0) is 4.79 Å². The first-order valence-corrected chi connectivity index (χ1v) is 8.45. The van der Waals surface area contributed by atoms with Crippen molar-refractivity contribution in [3.05, 3.63) is 47.0 Å². The summed E-state index contributed by atoms with van der Waals surface area (Å²) in [5.74, 6) is -1.40. The molecule has 1 N–H and O–H groups in total. The quantitative estimate of drug-likeness (QED) is 0.860. The van der Waals surface area contributed by atoms with Crippen molar-refractivity contribution in [2.24, 2.45) is 0 Å². The minimum atomic E-state index is -1.01. The Morgan fingerprint density at radius 2 is 2.08 bits per heavy atom. The van der Waals surface area contributed by atoms with E-state index >= 15 is 0 Å². The maximum absolute atomic E-state index is 13.1. The highest BCUT2D eigenvalue weighted by molar-refractivity contribution is 6.30. The number of likely N-dealkylation sites (tertiary alicyclic amines) is 1. The van der Waals surface area contributed by atoms with Gasteiger partial charge in [-0.3, -0.25) is 9.48 Å². The van der Waals surface area contributed by atoms with Gasteiger partial charge in [0.1, 0.15) is 11.6 Å². The lowest BCUT2D eigenvalue weighted by Crippen LogP contribution is -2.41. The summed E-state index contributed by atoms with van der Waals surface area (Å²) in [5, 5.41) is 13.0. The first-order valence-electron chi connectivity index (χ1n) is 8.07. The van der Waals surface area contributed by atoms with Gasteiger partial charge in [0, 0.05) is 25.4 Å². The Bertz CT molecular complexity index is 818. The van der Waals surface area contributed by atoms with E-state index in [2.05, 4.69) is 5.10 Å². The lowest BCUT2D eigenvalue weighted by Gasteiger charge is -2.32. The Hall–Kier alpha value is -2.61. The topological polar surface area (TPSA) is 84.7 Å². The van der Waals surface area contributed by atoms with Crippen molar-refractivity contribution in [2.75, 3.05) is 19.7 Å². The molecule has 0 spiro atoms. The Morgan fingerprint density at radius 1 is 1.35 bits per heavy atom. The van der Waals surface area contributed by atoms with Gasteiger partial charge < -0.3 is 14.7 Å². The highest BCUT2D eigenvalue weighted by Crippen LogP contribution is 2.23. The zero-order valence-corrected chi connectivity index (χ0v) is 14.5. The monoisotopic (exact) mass is 381 g/mol. The summed E-state index contributed by atoms with van der Waals surface area (Å²) in [5.41, 5.74) is 0.148. The van der Waals surface area contributed by atoms with Crippen LogP contribution >= 0.6 is 11.6 Å². The van der Waals surface area contributed by atoms with Crippen LogP contribution in [0.4, 0.5) is 4.39 Å². The summed E-state index contributed by atoms with van der Waals surface area (Å²) < 4.78 is 20.1. The van der Waals surface area contributed by atoms with Gasteiger partial charge >= 0.3 is 5.97 Å². The van der Waals surface area contributed by atoms with Crippen molar-refractivity contribution in [2.45, 2.75) is 18.9 Å². The van der Waals surface area contributed by atoms with Crippen LogP contribution < -0.4 is 4.74 Å². The normalized spacial score (nSPS) is 15.1. The molecule has 0 aliphatic carbocycles. The van der Waals surface area contributed by atoms with Crippen LogP contribution in [0.2, 0.25) is 5.02 Å². The lowest BCUT2D eigenvalue weighted by atomic mass is 10.1. The Balaban J connectivity index is 1.49. The van der Waals surface area contributed by atoms with Crippen LogP contribution in [0.15, 0.2) is 30.6 Å². The average molecular weight is 382 g/mol. The van der Waals surface area contributed by atoms with E-state index in [9.17, 15) is 14.0 Å². The van der Waals surface area contributed by atoms with Gasteiger partial charge in [-0.15, -0.1) is 0 Å². The molecular formula is C17H17ClFN3O4. The van der Waals surface area contributed by atoms with Crippen LogP contribution in [0.5, 0.6) is 5.75 Å². The Kier molecular flexibility index (Phi) is 5.41. The molecule has 0 saturated carbocycles. The van der Waals surface area contributed by atoms with Crippen molar-refractivity contribution in [3.8, 4) is 5.75 Å². The largest absolute Gasteiger partial charge is 0.484 e. The molecule has 1 fully saturated rings. The molecule has 9 heteroatoms. The molecule has 2 heterocycles. The molecule has 1 aliphatic rings. The highest BCUT2D eigenvalue weighted by atomic mass is 35.5. The number of nitrogens with zero attached hydrogens (tertiary/aromatic N) is 3. The van der Waals surface area contributed by atoms with Gasteiger partial charge in [0.05, 0.1) is 22.8 Å². The van der Waals surface area contributed by atoms with Crippen LogP contribution in [0.3, 0.4) is 0 Å². The van der Waals surface area contributed by atoms with Crippen LogP contribution in [0, 0.1) is 5.82 Å². The molecule has 1 amide bonds. The molecule has 7 nitrogen and oxygen atoms in total. The van der Waals surface area contributed by atoms with Gasteiger partial charge in [0.15, 0.2) is 6.61 Å². The molecule has 1 aromatic heterocycles. The molecule has 2 aromatic rings. The number of carbonyl (C=O) groups is 2. The fourth-order valence-electron chi connectivity index (χ4n) is 2.83. The summed E-state index contributed by atoms with van der Waals surface area (Å²) in [4.78, 5) is 24.9. The molecule has 0 radical (unpaired) electrons. The maximum Gasteiger partial charge on any atom is 0.338 e. The molecular weight excluding hydrogens is 365 g/mol. The Morgan fingerprint density at radius 3 is 2.69 bits per heavy atom. The molecule has 0 atom stereocenters. The molecule has 26 heavy (non-hydrogen) atoms. The number of halogens is 2. The summed E-state index contributed by atoms with van der Waals surface area (Å²) in [6.07, 6.45) is 4.18. The SMILES string of the molecule is O=C(O)c1cnn(C2CCN(C(=O)COc3ccc(F)c(Cl)c3)CC2)c1. The Labute approximate surface area is 153 Å². The fraction of sp³-hybridized carbons (Fsp3) is 0.353. The number of piperidine rings is 1. The lowest BCUT2D eigenvalue weighted by molar-refractivity contribution is -0.134. The van der Waals surface area contributed by atoms with E-state index in [1.54, 1.807) is 9.58 Å². The van der Waals surface area contributed by atoms with Crippen molar-refractivity contribution in [1.82, 2.24) is 14.7 Å². The minimum absolute atomic E-state index is 0.0592. The van der Waals surface area contributed by atoms with Crippen LogP contribution in [0.25, 0.3) is 0 Å². The smallest absolute Gasteiger partial charge is 0.338 e. The van der Waals surface area contributed by atoms with Crippen molar-refractivity contribution < 1.29 is 23.8 Å². The van der Waals surface area contributed by atoms with E-state index in [1.807, 2.05) is 0 Å². The van der Waals surface area contributed by atoms with Crippen LogP contribution in [0.1, 0.15) is 29.2 Å². The number of aromatic nitrogens is 2. The third kappa shape index (κ3) is 4.13. The van der Waals surface area contributed by atoms with Gasteiger partial charge in [-0.25, -0.2) is 9.18 Å². The predicted molar refractivity (Wildman–Crippen MR) is 90.9 cm³/mol. The second kappa shape index (κ2) is 7.74. The summed E-state index contributed by atoms with van der Waals surface area (Å²) >= 11 is 5.68. The predicted octanol–water partition coefficient (Wildman–Crippen LogP) is 2.62. The van der Waals surface area contributed by atoms with E-state index in [0.717, 1.165) is 0 Å². The van der Waals surface area contributed by atoms with E-state index in [1.165, 1.54) is 30.6 Å². The van der Waals surface area contributed by atoms with Crippen molar-refractivity contribution >= 4 is 23.5 Å². The van der Waals surface area contributed by atoms with Crippen molar-refractivity contribution in [1.29, 1.82) is 0 Å². The fourth-order valence-corrected chi connectivity index (χ4v) is 3.00. The molecule has 1 aliphatic heterocycles. The molecule has 1 saturated heterocycles. The number of aromatic carboxylic acids is 1. The minimum Gasteiger partial charge on any atom is -0.484 e. The van der Waals surface area contributed by atoms with Gasteiger partial charge in [0.2, 0.25) is 0 Å². The van der Waals surface area contributed by atoms with Crippen LogP contribution in [-0.4, -0.2) is 51.4 Å².